The normalized spacial score (nSPS) is 18.3. The van der Waals surface area contributed by atoms with Crippen LogP contribution >= 0.6 is 22.7 Å². The molecule has 4 N–H and O–H groups in total. The lowest BCUT2D eigenvalue weighted by molar-refractivity contribution is -0.169. The fraction of sp³-hybridized carbons (Fsp3) is 0.478. The average Bonchev–Trinajstić information content (AvgIpc) is 4.09. The zero-order valence-corrected chi connectivity index (χ0v) is 39.7. The lowest BCUT2D eigenvalue weighted by Gasteiger charge is -2.39. The number of aliphatic hydroxyl groups is 1. The molecule has 0 bridgehead atoms. The Morgan fingerprint density at radius 2 is 1.86 bits per heavy atom. The van der Waals surface area contributed by atoms with Crippen LogP contribution in [0, 0.1) is 6.92 Å². The Balaban J connectivity index is 0.885. The molecule has 0 saturated heterocycles. The van der Waals surface area contributed by atoms with Crippen molar-refractivity contribution in [3.8, 4) is 17.2 Å². The van der Waals surface area contributed by atoms with Crippen LogP contribution in [0.1, 0.15) is 84.7 Å². The van der Waals surface area contributed by atoms with Gasteiger partial charge in [-0.3, -0.25) is 4.79 Å². The van der Waals surface area contributed by atoms with E-state index in [0.717, 1.165) is 71.1 Å². The number of nitrogens with one attached hydrogen (secondary N) is 2. The van der Waals surface area contributed by atoms with Crippen LogP contribution in [-0.4, -0.2) is 88.5 Å². The number of phenolic OH excluding ortho intramolecular Hbond substituents is 1. The van der Waals surface area contributed by atoms with Gasteiger partial charge in [-0.15, -0.1) is 27.8 Å². The number of aromatic amines is 1. The van der Waals surface area contributed by atoms with Gasteiger partial charge < -0.3 is 44.1 Å². The summed E-state index contributed by atoms with van der Waals surface area (Å²) in [5.41, 5.74) is 1.60. The number of hydrogen-bond donors (Lipinski definition) is 4. The van der Waals surface area contributed by atoms with Crippen LogP contribution in [0.2, 0.25) is 18.1 Å². The molecule has 1 aliphatic carbocycles. The number of rotatable bonds is 16. The highest BCUT2D eigenvalue weighted by molar-refractivity contribution is 7.13. The predicted octanol–water partition coefficient (Wildman–Crippen LogP) is 8.10. The van der Waals surface area contributed by atoms with Gasteiger partial charge in [-0.1, -0.05) is 38.1 Å². The fourth-order valence-corrected chi connectivity index (χ4v) is 11.5. The number of aryl methyl sites for hydroxylation is 2. The molecule has 2 atom stereocenters. The summed E-state index contributed by atoms with van der Waals surface area (Å²) in [5.74, 6) is 0.713. The van der Waals surface area contributed by atoms with E-state index in [1.165, 1.54) is 28.7 Å². The third-order valence-corrected chi connectivity index (χ3v) is 19.6. The Labute approximate surface area is 376 Å². The van der Waals surface area contributed by atoms with Gasteiger partial charge in [0.15, 0.2) is 19.8 Å². The van der Waals surface area contributed by atoms with Crippen molar-refractivity contribution in [1.29, 1.82) is 0 Å². The molecule has 6 aromatic rings. The van der Waals surface area contributed by atoms with Crippen molar-refractivity contribution < 1.29 is 33.6 Å². The van der Waals surface area contributed by atoms with E-state index in [9.17, 15) is 19.8 Å². The molecule has 1 aliphatic heterocycles. The fourth-order valence-electron chi connectivity index (χ4n) is 8.42. The van der Waals surface area contributed by atoms with E-state index < -0.39 is 19.9 Å². The number of aromatic nitrogens is 4. The summed E-state index contributed by atoms with van der Waals surface area (Å²) in [5, 5.41) is 37.6. The molecule has 0 radical (unpaired) electrons. The van der Waals surface area contributed by atoms with Crippen LogP contribution in [0.3, 0.4) is 0 Å². The van der Waals surface area contributed by atoms with Gasteiger partial charge in [0.2, 0.25) is 18.0 Å². The van der Waals surface area contributed by atoms with Gasteiger partial charge in [-0.25, -0.2) is 9.48 Å². The molecule has 5 heterocycles. The number of esters is 1. The van der Waals surface area contributed by atoms with E-state index in [4.69, 9.17) is 18.6 Å². The second-order valence-electron chi connectivity index (χ2n) is 18.3. The van der Waals surface area contributed by atoms with Gasteiger partial charge in [0.25, 0.3) is 0 Å². The van der Waals surface area contributed by atoms with Crippen molar-refractivity contribution in [2.45, 2.75) is 115 Å². The molecule has 4 aromatic heterocycles. The van der Waals surface area contributed by atoms with E-state index >= 15 is 0 Å². The third-order valence-electron chi connectivity index (χ3n) is 13.0. The van der Waals surface area contributed by atoms with Crippen molar-refractivity contribution >= 4 is 58.9 Å². The lowest BCUT2D eigenvalue weighted by atomic mass is 9.91. The minimum atomic E-state index is -2.27. The number of aromatic hydroxyl groups is 1. The molecular formula is C46H58N6O8S2Si. The summed E-state index contributed by atoms with van der Waals surface area (Å²) in [4.78, 5) is 33.1. The quantitative estimate of drug-likeness (QED) is 0.0544. The number of ether oxygens (including phenoxy) is 3. The highest BCUT2D eigenvalue weighted by Gasteiger charge is 2.45. The lowest BCUT2D eigenvalue weighted by Crippen LogP contribution is -2.43. The van der Waals surface area contributed by atoms with Crippen LogP contribution in [-0.2, 0) is 32.6 Å². The first-order valence-electron chi connectivity index (χ1n) is 21.7. The molecule has 336 valence electrons. The van der Waals surface area contributed by atoms with Gasteiger partial charge >= 0.3 is 5.97 Å². The second-order valence-corrected chi connectivity index (χ2v) is 25.3. The van der Waals surface area contributed by atoms with E-state index in [-0.39, 0.29) is 35.3 Å². The maximum Gasteiger partial charge on any atom is 0.349 e. The zero-order valence-electron chi connectivity index (χ0n) is 37.0. The summed E-state index contributed by atoms with van der Waals surface area (Å²) in [7, 11) is -0.124. The van der Waals surface area contributed by atoms with Gasteiger partial charge in [-0.2, -0.15) is 0 Å². The Morgan fingerprint density at radius 3 is 2.57 bits per heavy atom. The number of H-pyrrole nitrogens is 1. The highest BCUT2D eigenvalue weighted by Crippen LogP contribution is 2.44. The molecule has 0 spiro atoms. The standard InChI is InChI=1S/C46H58N6O8S2Si/c1-28-11-19-38(62-28)46(56,37-10-8-23-61-37)44(55)59-31-14-12-30(13-15-31)51(5)21-9-22-52-41-34(49-50-52)24-29(42-43(41)58-27-57-42)25-47-26-36(60-63(6,7)45(2,3)4)32-16-18-35(53)40-33(32)17-20-39(54)48-40/h8,10-11,16-20,23-24,30-31,36,47,53,56H,9,12-15,21-22,25-27H2,1-7H3,(H,48,54)/t30-,31-,36-,46+/m0/s1. The molecule has 2 aliphatic rings. The van der Waals surface area contributed by atoms with Crippen LogP contribution in [0.4, 0.5) is 0 Å². The summed E-state index contributed by atoms with van der Waals surface area (Å²) in [6.07, 6.45) is 3.47. The average molecular weight is 915 g/mol. The number of carbonyl (C=O) groups is 1. The first-order chi connectivity index (χ1) is 30.0. The smallest absolute Gasteiger partial charge is 0.349 e. The van der Waals surface area contributed by atoms with E-state index in [1.54, 1.807) is 18.2 Å². The molecule has 14 nitrogen and oxygen atoms in total. The molecule has 63 heavy (non-hydrogen) atoms. The van der Waals surface area contributed by atoms with Crippen molar-refractivity contribution in [2.24, 2.45) is 0 Å². The number of phenols is 1. The molecule has 0 unspecified atom stereocenters. The summed E-state index contributed by atoms with van der Waals surface area (Å²) in [6, 6.07) is 16.4. The maximum absolute atomic E-state index is 13.6. The number of hydrogen-bond acceptors (Lipinski definition) is 14. The minimum absolute atomic E-state index is 0.0110. The second kappa shape index (κ2) is 18.1. The summed E-state index contributed by atoms with van der Waals surface area (Å²) >= 11 is 2.77. The molecule has 8 rings (SSSR count). The van der Waals surface area contributed by atoms with E-state index in [2.05, 4.69) is 66.4 Å². The third kappa shape index (κ3) is 9.19. The van der Waals surface area contributed by atoms with Crippen molar-refractivity contribution in [3.05, 3.63) is 96.1 Å². The molecule has 2 aromatic carbocycles. The highest BCUT2D eigenvalue weighted by atomic mass is 32.1. The first kappa shape index (κ1) is 45.0. The Hall–Kier alpha value is -4.62. The van der Waals surface area contributed by atoms with Gasteiger partial charge in [0.05, 0.1) is 21.4 Å². The Morgan fingerprint density at radius 1 is 1.08 bits per heavy atom. The minimum Gasteiger partial charge on any atom is -0.506 e. The first-order valence-corrected chi connectivity index (χ1v) is 26.3. The number of thiophene rings is 2. The van der Waals surface area contributed by atoms with Gasteiger partial charge in [-0.05, 0) is 118 Å². The van der Waals surface area contributed by atoms with E-state index in [1.807, 2.05) is 47.3 Å². The maximum atomic E-state index is 13.6. The largest absolute Gasteiger partial charge is 0.506 e. The SMILES string of the molecule is Cc1ccc([C@@](O)(C(=O)O[C@H]2CC[C@H](N(C)CCCn3nnc4cc(CNC[C@H](O[Si](C)(C)C(C)(C)C)c5ccc(O)c6[nH]c(=O)ccc56)c5c(c43)OCO5)CC2)c2cccs2)s1. The van der Waals surface area contributed by atoms with Crippen LogP contribution in [0.15, 0.2) is 64.8 Å². The van der Waals surface area contributed by atoms with Crippen molar-refractivity contribution in [3.63, 3.8) is 0 Å². The zero-order chi connectivity index (χ0) is 44.7. The van der Waals surface area contributed by atoms with Gasteiger partial charge in [0.1, 0.15) is 22.9 Å². The van der Waals surface area contributed by atoms with Crippen LogP contribution in [0.5, 0.6) is 17.2 Å². The number of carbonyl (C=O) groups excluding carboxylic acids is 1. The monoisotopic (exact) mass is 914 g/mol. The Bertz CT molecular complexity index is 2630. The number of fused-ring (bicyclic) bond motifs is 4. The molecule has 1 saturated carbocycles. The number of nitrogens with zero attached hydrogens (tertiary/aromatic N) is 4. The number of benzene rings is 2. The van der Waals surface area contributed by atoms with Gasteiger partial charge in [0, 0.05) is 47.6 Å². The molecule has 17 heteroatoms. The van der Waals surface area contributed by atoms with Crippen LogP contribution < -0.4 is 20.3 Å². The predicted molar refractivity (Wildman–Crippen MR) is 248 cm³/mol. The van der Waals surface area contributed by atoms with Crippen molar-refractivity contribution in [2.75, 3.05) is 26.9 Å². The summed E-state index contributed by atoms with van der Waals surface area (Å²) < 4.78 is 27.1. The Kier molecular flexibility index (Phi) is 12.9. The molecule has 1 fully saturated rings. The van der Waals surface area contributed by atoms with Crippen LogP contribution in [0.25, 0.3) is 21.9 Å². The summed E-state index contributed by atoms with van der Waals surface area (Å²) in [6.45, 7) is 15.5. The van der Waals surface area contributed by atoms with E-state index in [0.29, 0.717) is 52.4 Å². The molecule has 0 amide bonds. The van der Waals surface area contributed by atoms with Crippen molar-refractivity contribution in [1.82, 2.24) is 30.2 Å². The molecular weight excluding hydrogens is 857 g/mol. The topological polar surface area (TPSA) is 173 Å². The number of pyridine rings is 1.